The van der Waals surface area contributed by atoms with Crippen molar-refractivity contribution in [2.24, 2.45) is 0 Å². The van der Waals surface area contributed by atoms with Crippen molar-refractivity contribution in [3.8, 4) is 0 Å². The standard InChI is InChI=1S/C13H17ClN2O3S/c1-16(10-6-7-20(18,19)9-10)8-13(17)15-12-5-3-2-4-11(12)14/h2-5,10H,6-9H2,1H3,(H,15,17)/p+1/t10-/m1/s1. The minimum atomic E-state index is -2.92. The molecule has 1 heterocycles. The van der Waals surface area contributed by atoms with Crippen molar-refractivity contribution in [2.45, 2.75) is 12.5 Å². The van der Waals surface area contributed by atoms with E-state index in [-0.39, 0.29) is 30.0 Å². The van der Waals surface area contributed by atoms with Crippen molar-refractivity contribution in [1.29, 1.82) is 0 Å². The molecule has 20 heavy (non-hydrogen) atoms. The second-order valence-corrected chi connectivity index (χ2v) is 7.79. The molecule has 7 heteroatoms. The van der Waals surface area contributed by atoms with Crippen molar-refractivity contribution >= 4 is 33.0 Å². The molecule has 0 saturated carbocycles. The van der Waals surface area contributed by atoms with Crippen LogP contribution in [0.3, 0.4) is 0 Å². The molecule has 1 saturated heterocycles. The Kier molecular flexibility index (Phi) is 4.67. The summed E-state index contributed by atoms with van der Waals surface area (Å²) in [6.07, 6.45) is 0.619. The zero-order valence-electron chi connectivity index (χ0n) is 11.2. The van der Waals surface area contributed by atoms with Gasteiger partial charge in [-0.05, 0) is 12.1 Å². The van der Waals surface area contributed by atoms with Crippen molar-refractivity contribution in [1.82, 2.24) is 0 Å². The molecule has 2 atom stereocenters. The summed E-state index contributed by atoms with van der Waals surface area (Å²) >= 11 is 5.97. The number of quaternary nitrogens is 1. The number of nitrogens with one attached hydrogen (secondary N) is 2. The normalized spacial score (nSPS) is 22.4. The van der Waals surface area contributed by atoms with Gasteiger partial charge in [-0.25, -0.2) is 8.42 Å². The average Bonchev–Trinajstić information content (AvgIpc) is 2.73. The Morgan fingerprint density at radius 1 is 1.45 bits per heavy atom. The summed E-state index contributed by atoms with van der Waals surface area (Å²) in [6, 6.07) is 7.02. The summed E-state index contributed by atoms with van der Waals surface area (Å²) in [5, 5.41) is 3.23. The predicted octanol–water partition coefficient (Wildman–Crippen LogP) is -0.0197. The molecule has 5 nitrogen and oxygen atoms in total. The number of carbonyl (C=O) groups excluding carboxylic acids is 1. The summed E-state index contributed by atoms with van der Waals surface area (Å²) in [5.41, 5.74) is 0.575. The van der Waals surface area contributed by atoms with Crippen LogP contribution in [0.1, 0.15) is 6.42 Å². The molecule has 2 N–H and O–H groups in total. The van der Waals surface area contributed by atoms with Crippen LogP contribution in [0.15, 0.2) is 24.3 Å². The van der Waals surface area contributed by atoms with Gasteiger partial charge in [0.15, 0.2) is 16.4 Å². The molecule has 110 valence electrons. The molecule has 0 aromatic heterocycles. The first-order chi connectivity index (χ1) is 9.37. The molecule has 1 aliphatic heterocycles. The zero-order valence-corrected chi connectivity index (χ0v) is 12.8. The maximum atomic E-state index is 12.0. The van der Waals surface area contributed by atoms with E-state index in [0.717, 1.165) is 4.90 Å². The summed E-state index contributed by atoms with van der Waals surface area (Å²) in [7, 11) is -1.07. The molecular weight excluding hydrogens is 300 g/mol. The highest BCUT2D eigenvalue weighted by atomic mass is 35.5. The maximum absolute atomic E-state index is 12.0. The number of anilines is 1. The summed E-state index contributed by atoms with van der Waals surface area (Å²) in [4.78, 5) is 12.9. The molecule has 2 rings (SSSR count). The lowest BCUT2D eigenvalue weighted by atomic mass is 10.2. The number of carbonyl (C=O) groups is 1. The minimum absolute atomic E-state index is 0.00278. The van der Waals surface area contributed by atoms with Gasteiger partial charge in [-0.3, -0.25) is 4.79 Å². The lowest BCUT2D eigenvalue weighted by Gasteiger charge is -2.19. The van der Waals surface area contributed by atoms with Gasteiger partial charge in [0, 0.05) is 6.42 Å². The van der Waals surface area contributed by atoms with Crippen LogP contribution in [0.25, 0.3) is 0 Å². The number of halogens is 1. The van der Waals surface area contributed by atoms with Crippen LogP contribution < -0.4 is 10.2 Å². The van der Waals surface area contributed by atoms with E-state index in [1.165, 1.54) is 0 Å². The number of hydrogen-bond acceptors (Lipinski definition) is 3. The van der Waals surface area contributed by atoms with Crippen LogP contribution in [-0.2, 0) is 14.6 Å². The van der Waals surface area contributed by atoms with E-state index in [1.54, 1.807) is 24.3 Å². The Hall–Kier alpha value is -1.11. The van der Waals surface area contributed by atoms with Crippen LogP contribution in [0, 0.1) is 0 Å². The quantitative estimate of drug-likeness (QED) is 0.820. The first kappa shape index (κ1) is 15.3. The van der Waals surface area contributed by atoms with Gasteiger partial charge >= 0.3 is 0 Å². The van der Waals surface area contributed by atoms with Gasteiger partial charge in [0.2, 0.25) is 0 Å². The van der Waals surface area contributed by atoms with Crippen molar-refractivity contribution in [3.63, 3.8) is 0 Å². The van der Waals surface area contributed by atoms with E-state index in [2.05, 4.69) is 5.32 Å². The SMILES string of the molecule is C[NH+](CC(=O)Nc1ccccc1Cl)[C@@H]1CCS(=O)(=O)C1. The third-order valence-electron chi connectivity index (χ3n) is 3.52. The number of hydrogen-bond donors (Lipinski definition) is 2. The molecule has 0 spiro atoms. The maximum Gasteiger partial charge on any atom is 0.279 e. The first-order valence-corrected chi connectivity index (χ1v) is 8.64. The van der Waals surface area contributed by atoms with E-state index in [1.807, 2.05) is 7.05 Å². The summed E-state index contributed by atoms with van der Waals surface area (Å²) in [6.45, 7) is 0.228. The molecule has 1 unspecified atom stereocenters. The fraction of sp³-hybridized carbons (Fsp3) is 0.462. The summed E-state index contributed by atoms with van der Waals surface area (Å²) < 4.78 is 22.9. The molecule has 1 aliphatic rings. The number of rotatable bonds is 4. The van der Waals surface area contributed by atoms with Crippen molar-refractivity contribution in [2.75, 3.05) is 30.4 Å². The second-order valence-electron chi connectivity index (χ2n) is 5.15. The van der Waals surface area contributed by atoms with Crippen molar-refractivity contribution < 1.29 is 18.1 Å². The molecule has 0 bridgehead atoms. The molecule has 1 aromatic rings. The van der Waals surface area contributed by atoms with Gasteiger partial charge in [0.1, 0.15) is 11.8 Å². The smallest absolute Gasteiger partial charge is 0.279 e. The fourth-order valence-corrected chi connectivity index (χ4v) is 4.40. The molecule has 1 amide bonds. The minimum Gasteiger partial charge on any atom is -0.326 e. The first-order valence-electron chi connectivity index (χ1n) is 6.44. The average molecular weight is 318 g/mol. The molecule has 1 fully saturated rings. The molecule has 0 radical (unpaired) electrons. The topological polar surface area (TPSA) is 67.7 Å². The van der Waals surface area contributed by atoms with Crippen LogP contribution in [0.5, 0.6) is 0 Å². The number of amides is 1. The zero-order chi connectivity index (χ0) is 14.8. The fourth-order valence-electron chi connectivity index (χ4n) is 2.34. The van der Waals surface area contributed by atoms with E-state index in [0.29, 0.717) is 17.1 Å². The number of sulfone groups is 1. The highest BCUT2D eigenvalue weighted by Gasteiger charge is 2.34. The second kappa shape index (κ2) is 6.11. The number of para-hydroxylation sites is 1. The Balaban J connectivity index is 1.90. The third-order valence-corrected chi connectivity index (χ3v) is 5.61. The van der Waals surface area contributed by atoms with Gasteiger partial charge in [-0.2, -0.15) is 0 Å². The van der Waals surface area contributed by atoms with Gasteiger partial charge in [0.05, 0.1) is 23.5 Å². The van der Waals surface area contributed by atoms with Gasteiger partial charge in [0.25, 0.3) is 5.91 Å². The van der Waals surface area contributed by atoms with Gasteiger partial charge in [-0.15, -0.1) is 0 Å². The number of benzene rings is 1. The molecule has 0 aliphatic carbocycles. The Bertz CT molecular complexity index is 603. The monoisotopic (exact) mass is 317 g/mol. The largest absolute Gasteiger partial charge is 0.326 e. The van der Waals surface area contributed by atoms with Crippen LogP contribution in [0.4, 0.5) is 5.69 Å². The third kappa shape index (κ3) is 3.94. The van der Waals surface area contributed by atoms with Gasteiger partial charge < -0.3 is 10.2 Å². The predicted molar refractivity (Wildman–Crippen MR) is 78.9 cm³/mol. The van der Waals surface area contributed by atoms with Crippen LogP contribution in [0.2, 0.25) is 5.02 Å². The Morgan fingerprint density at radius 3 is 2.75 bits per heavy atom. The highest BCUT2D eigenvalue weighted by Crippen LogP contribution is 2.19. The lowest BCUT2D eigenvalue weighted by Crippen LogP contribution is -3.14. The lowest BCUT2D eigenvalue weighted by molar-refractivity contribution is -0.894. The Morgan fingerprint density at radius 2 is 2.15 bits per heavy atom. The van der Waals surface area contributed by atoms with E-state index >= 15 is 0 Å². The number of likely N-dealkylation sites (N-methyl/N-ethyl adjacent to an activating group) is 1. The molecular formula is C13H18ClN2O3S+. The highest BCUT2D eigenvalue weighted by molar-refractivity contribution is 7.91. The van der Waals surface area contributed by atoms with E-state index in [4.69, 9.17) is 11.6 Å². The van der Waals surface area contributed by atoms with Crippen LogP contribution >= 0.6 is 11.6 Å². The van der Waals surface area contributed by atoms with Crippen LogP contribution in [-0.4, -0.2) is 45.5 Å². The molecule has 1 aromatic carbocycles. The van der Waals surface area contributed by atoms with E-state index in [9.17, 15) is 13.2 Å². The summed E-state index contributed by atoms with van der Waals surface area (Å²) in [5.74, 6) is 0.221. The van der Waals surface area contributed by atoms with E-state index < -0.39 is 9.84 Å². The van der Waals surface area contributed by atoms with Gasteiger partial charge in [-0.1, -0.05) is 23.7 Å². The van der Waals surface area contributed by atoms with Crippen molar-refractivity contribution in [3.05, 3.63) is 29.3 Å². The Labute approximate surface area is 123 Å².